The van der Waals surface area contributed by atoms with E-state index >= 15 is 0 Å². The fourth-order valence-corrected chi connectivity index (χ4v) is 2.02. The number of fused-ring (bicyclic) bond motifs is 1. The number of hydrogen-bond acceptors (Lipinski definition) is 4. The average Bonchev–Trinajstić information content (AvgIpc) is 3.00. The van der Waals surface area contributed by atoms with Gasteiger partial charge in [0.2, 0.25) is 6.54 Å². The first-order chi connectivity index (χ1) is 7.75. The molecule has 2 aromatic heterocycles. The first-order valence-corrected chi connectivity index (χ1v) is 5.17. The molecule has 0 atom stereocenters. The molecular weight excluding hydrogens is 208 g/mol. The number of hydrogen-bond donors (Lipinski definition) is 0. The van der Waals surface area contributed by atoms with E-state index in [1.165, 1.54) is 6.33 Å². The Balaban J connectivity index is 2.18. The summed E-state index contributed by atoms with van der Waals surface area (Å²) in [5.74, 6) is 0. The molecular formula is C10H10N4O2. The van der Waals surface area contributed by atoms with Crippen LogP contribution in [-0.4, -0.2) is 19.5 Å². The minimum Gasteiger partial charge on any atom is -0.321 e. The molecule has 2 aromatic rings. The molecule has 1 saturated carbocycles. The number of nitro groups is 1. The maximum atomic E-state index is 10.6. The van der Waals surface area contributed by atoms with Gasteiger partial charge in [-0.1, -0.05) is 0 Å². The maximum absolute atomic E-state index is 10.6. The lowest BCUT2D eigenvalue weighted by Crippen LogP contribution is -2.06. The molecule has 0 bridgehead atoms. The molecule has 0 saturated heterocycles. The standard InChI is InChI=1S/C10H10N4O2/c15-13(16)5-9-3-7-4-11-6-12-10(7)14(9)8-1-2-8/h3-4,6,8H,1-2,5H2. The van der Waals surface area contributed by atoms with Crippen LogP contribution in [0.2, 0.25) is 0 Å². The molecule has 0 aliphatic heterocycles. The van der Waals surface area contributed by atoms with Gasteiger partial charge in [0.25, 0.3) is 0 Å². The molecule has 0 spiro atoms. The third-order valence-corrected chi connectivity index (χ3v) is 2.78. The highest BCUT2D eigenvalue weighted by Gasteiger charge is 2.29. The van der Waals surface area contributed by atoms with Gasteiger partial charge in [-0.25, -0.2) is 9.97 Å². The zero-order valence-electron chi connectivity index (χ0n) is 8.54. The quantitative estimate of drug-likeness (QED) is 0.578. The Morgan fingerprint density at radius 2 is 2.38 bits per heavy atom. The zero-order valence-corrected chi connectivity index (χ0v) is 8.54. The normalized spacial score (nSPS) is 15.5. The van der Waals surface area contributed by atoms with Crippen LogP contribution in [-0.2, 0) is 6.54 Å². The van der Waals surface area contributed by atoms with Gasteiger partial charge >= 0.3 is 0 Å². The smallest absolute Gasteiger partial charge is 0.243 e. The molecule has 0 unspecified atom stereocenters. The van der Waals surface area contributed by atoms with E-state index in [0.717, 1.165) is 29.6 Å². The van der Waals surface area contributed by atoms with Gasteiger partial charge in [0.15, 0.2) is 0 Å². The minimum atomic E-state index is -0.305. The van der Waals surface area contributed by atoms with Crippen LogP contribution >= 0.6 is 0 Å². The number of aromatic nitrogens is 3. The Bertz CT molecular complexity index is 559. The third-order valence-electron chi connectivity index (χ3n) is 2.78. The third kappa shape index (κ3) is 1.42. The van der Waals surface area contributed by atoms with Crippen LogP contribution in [0.1, 0.15) is 24.6 Å². The van der Waals surface area contributed by atoms with Crippen LogP contribution < -0.4 is 0 Å². The summed E-state index contributed by atoms with van der Waals surface area (Å²) in [6, 6.07) is 2.21. The predicted octanol–water partition coefficient (Wildman–Crippen LogP) is 1.54. The highest BCUT2D eigenvalue weighted by atomic mass is 16.6. The molecule has 1 aliphatic rings. The highest BCUT2D eigenvalue weighted by Crippen LogP contribution is 2.38. The topological polar surface area (TPSA) is 73.8 Å². The van der Waals surface area contributed by atoms with E-state index < -0.39 is 0 Å². The van der Waals surface area contributed by atoms with Crippen LogP contribution in [0, 0.1) is 10.1 Å². The summed E-state index contributed by atoms with van der Waals surface area (Å²) < 4.78 is 1.99. The van der Waals surface area contributed by atoms with Crippen LogP contribution in [0.5, 0.6) is 0 Å². The molecule has 6 heteroatoms. The molecule has 1 fully saturated rings. The summed E-state index contributed by atoms with van der Waals surface area (Å²) in [6.45, 7) is -0.146. The maximum Gasteiger partial charge on any atom is 0.243 e. The summed E-state index contributed by atoms with van der Waals surface area (Å²) in [5.41, 5.74) is 1.54. The molecule has 16 heavy (non-hydrogen) atoms. The number of rotatable bonds is 3. The van der Waals surface area contributed by atoms with Crippen molar-refractivity contribution in [3.63, 3.8) is 0 Å². The SMILES string of the molecule is O=[N+]([O-])Cc1cc2cncnc2n1C1CC1. The average molecular weight is 218 g/mol. The van der Waals surface area contributed by atoms with E-state index in [1.54, 1.807) is 6.20 Å². The van der Waals surface area contributed by atoms with Crippen LogP contribution in [0.3, 0.4) is 0 Å². The van der Waals surface area contributed by atoms with Crippen molar-refractivity contribution in [3.05, 3.63) is 34.4 Å². The van der Waals surface area contributed by atoms with Gasteiger partial charge in [0, 0.05) is 22.5 Å². The first-order valence-electron chi connectivity index (χ1n) is 5.17. The molecule has 1 aliphatic carbocycles. The van der Waals surface area contributed by atoms with Gasteiger partial charge in [-0.15, -0.1) is 0 Å². The molecule has 0 amide bonds. The van der Waals surface area contributed by atoms with Crippen LogP contribution in [0.15, 0.2) is 18.6 Å². The lowest BCUT2D eigenvalue weighted by molar-refractivity contribution is -0.497. The number of nitrogens with zero attached hydrogens (tertiary/aromatic N) is 4. The fraction of sp³-hybridized carbons (Fsp3) is 0.400. The fourth-order valence-electron chi connectivity index (χ4n) is 2.02. The Labute approximate surface area is 91.1 Å². The van der Waals surface area contributed by atoms with Crippen molar-refractivity contribution in [2.75, 3.05) is 0 Å². The first kappa shape index (κ1) is 9.26. The van der Waals surface area contributed by atoms with Crippen molar-refractivity contribution in [2.45, 2.75) is 25.4 Å². The van der Waals surface area contributed by atoms with E-state index in [2.05, 4.69) is 9.97 Å². The van der Waals surface area contributed by atoms with E-state index in [-0.39, 0.29) is 11.5 Å². The van der Waals surface area contributed by atoms with E-state index in [4.69, 9.17) is 0 Å². The highest BCUT2D eigenvalue weighted by molar-refractivity contribution is 5.76. The largest absolute Gasteiger partial charge is 0.321 e. The van der Waals surface area contributed by atoms with Crippen LogP contribution in [0.4, 0.5) is 0 Å². The van der Waals surface area contributed by atoms with Crippen molar-refractivity contribution in [1.29, 1.82) is 0 Å². The van der Waals surface area contributed by atoms with Crippen LogP contribution in [0.25, 0.3) is 11.0 Å². The molecule has 3 rings (SSSR count). The second kappa shape index (κ2) is 3.26. The second-order valence-corrected chi connectivity index (χ2v) is 4.03. The van der Waals surface area contributed by atoms with Crippen molar-refractivity contribution >= 4 is 11.0 Å². The summed E-state index contributed by atoms with van der Waals surface area (Å²) in [7, 11) is 0. The zero-order chi connectivity index (χ0) is 11.1. The van der Waals surface area contributed by atoms with Crippen molar-refractivity contribution in [3.8, 4) is 0 Å². The van der Waals surface area contributed by atoms with Gasteiger partial charge in [0.1, 0.15) is 12.0 Å². The molecule has 2 heterocycles. The summed E-state index contributed by atoms with van der Waals surface area (Å²) in [5, 5.41) is 11.5. The minimum absolute atomic E-state index is 0.146. The van der Waals surface area contributed by atoms with Gasteiger partial charge in [-0.3, -0.25) is 10.1 Å². The summed E-state index contributed by atoms with van der Waals surface area (Å²) in [6.07, 6.45) is 5.35. The molecule has 6 nitrogen and oxygen atoms in total. The monoisotopic (exact) mass is 218 g/mol. The second-order valence-electron chi connectivity index (χ2n) is 4.03. The summed E-state index contributed by atoms with van der Waals surface area (Å²) >= 11 is 0. The Morgan fingerprint density at radius 3 is 3.06 bits per heavy atom. The Morgan fingerprint density at radius 1 is 1.56 bits per heavy atom. The van der Waals surface area contributed by atoms with Gasteiger partial charge in [-0.05, 0) is 18.9 Å². The van der Waals surface area contributed by atoms with Crippen molar-refractivity contribution in [2.24, 2.45) is 0 Å². The van der Waals surface area contributed by atoms with Gasteiger partial charge in [0.05, 0.1) is 5.69 Å². The molecule has 82 valence electrons. The Kier molecular flexibility index (Phi) is 1.89. The lowest BCUT2D eigenvalue weighted by atomic mass is 10.3. The van der Waals surface area contributed by atoms with Crippen molar-refractivity contribution < 1.29 is 4.92 Å². The summed E-state index contributed by atoms with van der Waals surface area (Å²) in [4.78, 5) is 18.4. The molecule has 0 N–H and O–H groups in total. The molecule has 0 aromatic carbocycles. The lowest BCUT2D eigenvalue weighted by Gasteiger charge is -2.04. The van der Waals surface area contributed by atoms with Gasteiger partial charge < -0.3 is 4.57 Å². The van der Waals surface area contributed by atoms with Crippen molar-refractivity contribution in [1.82, 2.24) is 14.5 Å². The molecule has 0 radical (unpaired) electrons. The van der Waals surface area contributed by atoms with E-state index in [0.29, 0.717) is 6.04 Å². The predicted molar refractivity (Wildman–Crippen MR) is 56.5 cm³/mol. The van der Waals surface area contributed by atoms with E-state index in [9.17, 15) is 10.1 Å². The Hall–Kier alpha value is -1.98. The van der Waals surface area contributed by atoms with Gasteiger partial charge in [-0.2, -0.15) is 0 Å². The van der Waals surface area contributed by atoms with E-state index in [1.807, 2.05) is 10.6 Å².